The van der Waals surface area contributed by atoms with E-state index in [0.29, 0.717) is 22.7 Å². The van der Waals surface area contributed by atoms with Crippen LogP contribution < -0.4 is 0 Å². The first-order valence-corrected chi connectivity index (χ1v) is 12.0. The Bertz CT molecular complexity index is 1200. The quantitative estimate of drug-likeness (QED) is 0.578. The third kappa shape index (κ3) is 5.46. The predicted molar refractivity (Wildman–Crippen MR) is 125 cm³/mol. The minimum atomic E-state index is -1.14. The Morgan fingerprint density at radius 3 is 2.67 bits per heavy atom. The lowest BCUT2D eigenvalue weighted by atomic mass is 10.0. The van der Waals surface area contributed by atoms with E-state index in [1.54, 1.807) is 65.3 Å². The molecule has 0 bridgehead atoms. The highest BCUT2D eigenvalue weighted by Crippen LogP contribution is 2.22. The molecular weight excluding hydrogens is 441 g/mol. The average molecular weight is 468 g/mol. The molecule has 33 heavy (non-hydrogen) atoms. The monoisotopic (exact) mass is 467 g/mol. The number of carbonyl (C=O) groups is 1. The molecule has 6 nitrogen and oxygen atoms in total. The van der Waals surface area contributed by atoms with Crippen LogP contribution in [0.15, 0.2) is 72.5 Å². The van der Waals surface area contributed by atoms with Crippen LogP contribution in [0.4, 0.5) is 4.39 Å². The normalized spacial score (nSPS) is 17.9. The molecule has 0 spiro atoms. The second kappa shape index (κ2) is 9.41. The minimum absolute atomic E-state index is 0.113. The van der Waals surface area contributed by atoms with E-state index in [-0.39, 0.29) is 24.9 Å². The lowest BCUT2D eigenvalue weighted by Gasteiger charge is -2.28. The van der Waals surface area contributed by atoms with Crippen LogP contribution in [-0.4, -0.2) is 41.5 Å². The Morgan fingerprint density at radius 2 is 2.03 bits per heavy atom. The molecule has 2 atom stereocenters. The molecule has 0 radical (unpaired) electrons. The van der Waals surface area contributed by atoms with E-state index >= 15 is 0 Å². The van der Waals surface area contributed by atoms with Crippen molar-refractivity contribution in [2.75, 3.05) is 5.75 Å². The third-order valence-electron chi connectivity index (χ3n) is 5.59. The summed E-state index contributed by atoms with van der Waals surface area (Å²) in [7, 11) is -1.14. The average Bonchev–Trinajstić information content (AvgIpc) is 3.45. The van der Waals surface area contributed by atoms with Crippen molar-refractivity contribution in [3.8, 4) is 5.69 Å². The summed E-state index contributed by atoms with van der Waals surface area (Å²) in [5, 5.41) is 11.9. The summed E-state index contributed by atoms with van der Waals surface area (Å²) < 4.78 is 28.6. The highest BCUT2D eigenvalue weighted by atomic mass is 32.2. The van der Waals surface area contributed by atoms with E-state index in [2.05, 4.69) is 4.98 Å². The topological polar surface area (TPSA) is 75.4 Å². The van der Waals surface area contributed by atoms with Gasteiger partial charge in [0, 0.05) is 47.0 Å². The molecular formula is C25H26FN3O3S. The van der Waals surface area contributed by atoms with Crippen LogP contribution in [0.1, 0.15) is 30.7 Å². The number of aliphatic hydroxyl groups is 1. The fourth-order valence-corrected chi connectivity index (χ4v) is 4.85. The summed E-state index contributed by atoms with van der Waals surface area (Å²) in [5.74, 6) is -0.407. The van der Waals surface area contributed by atoms with Crippen LogP contribution in [-0.2, 0) is 34.2 Å². The van der Waals surface area contributed by atoms with Gasteiger partial charge in [-0.25, -0.2) is 4.39 Å². The van der Waals surface area contributed by atoms with E-state index in [1.165, 1.54) is 6.07 Å². The molecule has 1 N–H and O–H groups in total. The standard InChI is InChI=1S/C25H26FN3O3S/c1-25(2,31)23-13-18(7-9-27-23)16-29(21-8-12-33(32)17-21)24(30)14-19-5-6-20(15-22(19)26)28-10-3-4-11-28/h3-13,15,21,31H,14,16-17H2,1-2H3. The number of nitrogens with zero attached hydrogens (tertiary/aromatic N) is 3. The number of aromatic nitrogens is 2. The molecule has 4 rings (SSSR count). The molecule has 1 amide bonds. The van der Waals surface area contributed by atoms with Crippen molar-refractivity contribution < 1.29 is 18.5 Å². The highest BCUT2D eigenvalue weighted by molar-refractivity contribution is 7.88. The zero-order valence-electron chi connectivity index (χ0n) is 18.5. The van der Waals surface area contributed by atoms with E-state index < -0.39 is 22.2 Å². The van der Waals surface area contributed by atoms with Crippen LogP contribution in [0.2, 0.25) is 0 Å². The highest BCUT2D eigenvalue weighted by Gasteiger charge is 2.28. The van der Waals surface area contributed by atoms with Gasteiger partial charge in [0.25, 0.3) is 0 Å². The van der Waals surface area contributed by atoms with Crippen LogP contribution in [0.25, 0.3) is 5.69 Å². The van der Waals surface area contributed by atoms with Crippen molar-refractivity contribution in [2.24, 2.45) is 0 Å². The summed E-state index contributed by atoms with van der Waals surface area (Å²) in [5.41, 5.74) is 1.13. The maximum absolute atomic E-state index is 14.8. The van der Waals surface area contributed by atoms with Crippen molar-refractivity contribution in [2.45, 2.75) is 38.5 Å². The second-order valence-corrected chi connectivity index (χ2v) is 9.98. The molecule has 1 aliphatic rings. The summed E-state index contributed by atoms with van der Waals surface area (Å²) in [6.07, 6.45) is 6.89. The Kier molecular flexibility index (Phi) is 6.58. The zero-order valence-corrected chi connectivity index (χ0v) is 19.3. The lowest BCUT2D eigenvalue weighted by Crippen LogP contribution is -2.41. The molecule has 2 unspecified atom stereocenters. The Morgan fingerprint density at radius 1 is 1.27 bits per heavy atom. The molecule has 2 aromatic heterocycles. The van der Waals surface area contributed by atoms with Gasteiger partial charge >= 0.3 is 0 Å². The van der Waals surface area contributed by atoms with Gasteiger partial charge in [0.2, 0.25) is 5.91 Å². The van der Waals surface area contributed by atoms with Gasteiger partial charge in [0.15, 0.2) is 0 Å². The zero-order chi connectivity index (χ0) is 23.6. The maximum atomic E-state index is 14.8. The minimum Gasteiger partial charge on any atom is -0.384 e. The number of pyridine rings is 1. The lowest BCUT2D eigenvalue weighted by molar-refractivity contribution is -0.132. The number of amides is 1. The molecule has 0 saturated carbocycles. The van der Waals surface area contributed by atoms with Crippen molar-refractivity contribution in [3.05, 3.63) is 95.2 Å². The van der Waals surface area contributed by atoms with E-state index in [9.17, 15) is 18.5 Å². The first-order chi connectivity index (χ1) is 15.7. The molecule has 1 aliphatic heterocycles. The summed E-state index contributed by atoms with van der Waals surface area (Å²) in [4.78, 5) is 19.1. The van der Waals surface area contributed by atoms with Crippen LogP contribution in [0.3, 0.4) is 0 Å². The van der Waals surface area contributed by atoms with Crippen LogP contribution >= 0.6 is 0 Å². The second-order valence-electron chi connectivity index (χ2n) is 8.62. The largest absolute Gasteiger partial charge is 0.384 e. The van der Waals surface area contributed by atoms with Gasteiger partial charge < -0.3 is 14.6 Å². The summed E-state index contributed by atoms with van der Waals surface area (Å²) in [6.45, 7) is 3.52. The molecule has 0 saturated heterocycles. The molecule has 1 aromatic carbocycles. The predicted octanol–water partition coefficient (Wildman–Crippen LogP) is 3.45. The number of rotatable bonds is 7. The fourth-order valence-electron chi connectivity index (χ4n) is 3.76. The van der Waals surface area contributed by atoms with Gasteiger partial charge in [-0.15, -0.1) is 0 Å². The first kappa shape index (κ1) is 23.1. The summed E-state index contributed by atoms with van der Waals surface area (Å²) in [6, 6.07) is 11.7. The van der Waals surface area contributed by atoms with Crippen molar-refractivity contribution in [3.63, 3.8) is 0 Å². The van der Waals surface area contributed by atoms with Crippen molar-refractivity contribution >= 4 is 16.7 Å². The number of hydrogen-bond acceptors (Lipinski definition) is 4. The molecule has 172 valence electrons. The van der Waals surface area contributed by atoms with Crippen LogP contribution in [0.5, 0.6) is 0 Å². The Balaban J connectivity index is 1.57. The molecule has 0 aliphatic carbocycles. The molecule has 3 heterocycles. The number of carbonyl (C=O) groups excluding carboxylic acids is 1. The maximum Gasteiger partial charge on any atom is 0.227 e. The van der Waals surface area contributed by atoms with E-state index in [1.807, 2.05) is 24.5 Å². The molecule has 8 heteroatoms. The number of hydrogen-bond donors (Lipinski definition) is 1. The number of benzene rings is 1. The van der Waals surface area contributed by atoms with Crippen molar-refractivity contribution in [1.29, 1.82) is 0 Å². The summed E-state index contributed by atoms with van der Waals surface area (Å²) >= 11 is 0. The van der Waals surface area contributed by atoms with Gasteiger partial charge in [-0.3, -0.25) is 14.0 Å². The SMILES string of the molecule is CC(C)(O)c1cc(CN(C(=O)Cc2ccc(-n3cccc3)cc2F)C2C=CS(=O)C2)ccn1. The van der Waals surface area contributed by atoms with E-state index in [4.69, 9.17) is 0 Å². The van der Waals surface area contributed by atoms with Gasteiger partial charge in [-0.05, 0) is 61.4 Å². The smallest absolute Gasteiger partial charge is 0.227 e. The van der Waals surface area contributed by atoms with Gasteiger partial charge in [-0.1, -0.05) is 12.1 Å². The van der Waals surface area contributed by atoms with Crippen LogP contribution in [0, 0.1) is 5.82 Å². The third-order valence-corrected chi connectivity index (χ3v) is 6.72. The Labute approximate surface area is 194 Å². The van der Waals surface area contributed by atoms with Gasteiger partial charge in [0.05, 0.1) is 23.9 Å². The molecule has 0 fully saturated rings. The fraction of sp³-hybridized carbons (Fsp3) is 0.280. The first-order valence-electron chi connectivity index (χ1n) is 10.7. The van der Waals surface area contributed by atoms with Gasteiger partial charge in [-0.2, -0.15) is 0 Å². The van der Waals surface area contributed by atoms with Crippen molar-refractivity contribution in [1.82, 2.24) is 14.5 Å². The Hall–Kier alpha value is -3.10. The molecule has 3 aromatic rings. The number of halogens is 1. The van der Waals surface area contributed by atoms with E-state index in [0.717, 1.165) is 5.56 Å². The van der Waals surface area contributed by atoms with Gasteiger partial charge in [0.1, 0.15) is 11.4 Å².